The second-order valence-electron chi connectivity index (χ2n) is 11.9. The first-order valence-corrected chi connectivity index (χ1v) is 15.5. The van der Waals surface area contributed by atoms with E-state index in [1.807, 2.05) is 73.8 Å². The number of hydrogen-bond donors (Lipinski definition) is 3. The Morgan fingerprint density at radius 2 is 1.93 bits per heavy atom. The van der Waals surface area contributed by atoms with Crippen LogP contribution in [0.25, 0.3) is 11.7 Å². The monoisotopic (exact) mass is 644 g/mol. The van der Waals surface area contributed by atoms with Crippen LogP contribution in [0.3, 0.4) is 0 Å². The fourth-order valence-electron chi connectivity index (χ4n) is 5.14. The molecular weight excluding hydrogens is 602 g/mol. The Balaban J connectivity index is 0.00000480. The van der Waals surface area contributed by atoms with E-state index < -0.39 is 0 Å². The Morgan fingerprint density at radius 3 is 2.70 bits per heavy atom. The maximum atomic E-state index is 12.2. The zero-order valence-corrected chi connectivity index (χ0v) is 30.7. The molecule has 10 nitrogen and oxygen atoms in total. The van der Waals surface area contributed by atoms with Crippen molar-refractivity contribution in [2.45, 2.75) is 45.2 Å². The van der Waals surface area contributed by atoms with Gasteiger partial charge in [0, 0.05) is 43.9 Å². The van der Waals surface area contributed by atoms with E-state index in [-0.39, 0.29) is 69.3 Å². The summed E-state index contributed by atoms with van der Waals surface area (Å²) in [6, 6.07) is 17.4. The minimum Gasteiger partial charge on any atom is -0.358 e. The Hall–Kier alpha value is -3.03. The number of amides is 1. The van der Waals surface area contributed by atoms with Crippen molar-refractivity contribution in [3.63, 3.8) is 0 Å². The standard InChI is InChI=1S/C35H43N9O.K/c1-25(2)31-24-38-44-33(31)40-35(43-20-17-29(36)18-21-43)41-34(44)37-23-28-13-6-5-12-27(28)14-7-10-26-11-8-15-30(22-26)39-32(45)16-9-19-42(3)4;/h5-16,24-25,29H,17-21,23,36H2,1-4H3,(H,39,45)(H,37,40,41);/q-2;+1/b10-7-,16-9+;. The van der Waals surface area contributed by atoms with Crippen molar-refractivity contribution in [1.29, 1.82) is 0 Å². The summed E-state index contributed by atoms with van der Waals surface area (Å²) in [7, 11) is 3.92. The van der Waals surface area contributed by atoms with Gasteiger partial charge in [0.15, 0.2) is 5.65 Å². The summed E-state index contributed by atoms with van der Waals surface area (Å²) in [5.74, 6) is 1.48. The van der Waals surface area contributed by atoms with Crippen LogP contribution in [-0.2, 0) is 11.3 Å². The van der Waals surface area contributed by atoms with Crippen molar-refractivity contribution in [3.05, 3.63) is 102 Å². The van der Waals surface area contributed by atoms with Gasteiger partial charge in [-0.1, -0.05) is 32.1 Å². The van der Waals surface area contributed by atoms with Gasteiger partial charge in [0.1, 0.15) is 0 Å². The third-order valence-corrected chi connectivity index (χ3v) is 7.69. The van der Waals surface area contributed by atoms with Crippen molar-refractivity contribution in [2.75, 3.05) is 49.3 Å². The van der Waals surface area contributed by atoms with E-state index in [1.165, 1.54) is 0 Å². The molecule has 0 aliphatic carbocycles. The minimum atomic E-state index is -0.175. The van der Waals surface area contributed by atoms with Gasteiger partial charge in [0.25, 0.3) is 0 Å². The van der Waals surface area contributed by atoms with E-state index in [1.54, 1.807) is 10.6 Å². The SMILES string of the molecule is CC(C)c1cnn2c(NCc3ccccc3[CH-]/C=C\c3[c-]c(NC(=O)/C=C/CN(C)C)ccc3)nc(N3CCC(N)CC3)nc12.[K+]. The van der Waals surface area contributed by atoms with Crippen molar-refractivity contribution in [1.82, 2.24) is 24.5 Å². The Bertz CT molecular complexity index is 1660. The molecule has 236 valence electrons. The molecule has 0 bridgehead atoms. The summed E-state index contributed by atoms with van der Waals surface area (Å²) in [6.07, 6.45) is 13.2. The van der Waals surface area contributed by atoms with E-state index in [0.29, 0.717) is 30.7 Å². The summed E-state index contributed by atoms with van der Waals surface area (Å²) >= 11 is 0. The number of aromatic nitrogens is 4. The third-order valence-electron chi connectivity index (χ3n) is 7.69. The number of benzene rings is 2. The number of rotatable bonds is 12. The Kier molecular flexibility index (Phi) is 13.4. The molecule has 0 spiro atoms. The van der Waals surface area contributed by atoms with E-state index in [9.17, 15) is 4.79 Å². The smallest absolute Gasteiger partial charge is 0.358 e. The molecule has 2 aromatic carbocycles. The first kappa shape index (κ1) is 35.8. The van der Waals surface area contributed by atoms with Crippen LogP contribution in [0.2, 0.25) is 0 Å². The number of nitrogens with one attached hydrogen (secondary N) is 2. The van der Waals surface area contributed by atoms with Gasteiger partial charge in [-0.3, -0.25) is 4.79 Å². The fourth-order valence-corrected chi connectivity index (χ4v) is 5.14. The number of anilines is 3. The first-order chi connectivity index (χ1) is 21.8. The third kappa shape index (κ3) is 9.74. The number of carbonyl (C=O) groups is 1. The quantitative estimate of drug-likeness (QED) is 0.122. The zero-order valence-electron chi connectivity index (χ0n) is 27.6. The van der Waals surface area contributed by atoms with Crippen LogP contribution in [0.15, 0.2) is 66.9 Å². The molecule has 0 atom stereocenters. The van der Waals surface area contributed by atoms with Crippen molar-refractivity contribution >= 4 is 35.2 Å². The number of carbonyl (C=O) groups excluding carboxylic acids is 1. The summed E-state index contributed by atoms with van der Waals surface area (Å²) in [5, 5.41) is 11.1. The molecule has 0 saturated carbocycles. The molecule has 1 saturated heterocycles. The van der Waals surface area contributed by atoms with Crippen molar-refractivity contribution in [3.8, 4) is 0 Å². The molecule has 2 aromatic heterocycles. The number of nitrogens with two attached hydrogens (primary N) is 1. The van der Waals surface area contributed by atoms with Crippen LogP contribution in [-0.4, -0.2) is 70.2 Å². The average Bonchev–Trinajstić information content (AvgIpc) is 3.45. The molecule has 3 heterocycles. The van der Waals surface area contributed by atoms with Gasteiger partial charge >= 0.3 is 51.4 Å². The summed E-state index contributed by atoms with van der Waals surface area (Å²) < 4.78 is 1.81. The van der Waals surface area contributed by atoms with E-state index in [4.69, 9.17) is 15.7 Å². The molecule has 0 unspecified atom stereocenters. The average molecular weight is 645 g/mol. The first-order valence-electron chi connectivity index (χ1n) is 15.5. The zero-order chi connectivity index (χ0) is 31.8. The van der Waals surface area contributed by atoms with Crippen molar-refractivity contribution in [2.24, 2.45) is 5.73 Å². The molecule has 11 heteroatoms. The number of allylic oxidation sites excluding steroid dienone is 1. The molecule has 4 aromatic rings. The van der Waals surface area contributed by atoms with Crippen LogP contribution in [0, 0.1) is 12.5 Å². The maximum Gasteiger partial charge on any atom is 1.00 e. The van der Waals surface area contributed by atoms with Crippen LogP contribution in [0.5, 0.6) is 0 Å². The molecule has 1 fully saturated rings. The van der Waals surface area contributed by atoms with Gasteiger partial charge in [0.05, 0.1) is 6.20 Å². The summed E-state index contributed by atoms with van der Waals surface area (Å²) in [5.41, 5.74) is 11.8. The van der Waals surface area contributed by atoms with Gasteiger partial charge < -0.3 is 26.2 Å². The second-order valence-corrected chi connectivity index (χ2v) is 11.9. The Morgan fingerprint density at radius 1 is 1.15 bits per heavy atom. The van der Waals surface area contributed by atoms with Gasteiger partial charge in [0.2, 0.25) is 17.8 Å². The molecule has 1 aliphatic rings. The maximum absolute atomic E-state index is 12.2. The molecule has 1 aliphatic heterocycles. The predicted octanol–water partition coefficient (Wildman–Crippen LogP) is 1.91. The van der Waals surface area contributed by atoms with Gasteiger partial charge in [-0.05, 0) is 38.5 Å². The largest absolute Gasteiger partial charge is 1.00 e. The molecule has 4 N–H and O–H groups in total. The Labute approximate surface area is 315 Å². The predicted molar refractivity (Wildman–Crippen MR) is 182 cm³/mol. The molecule has 5 rings (SSSR count). The van der Waals surface area contributed by atoms with Crippen LogP contribution >= 0.6 is 0 Å². The number of piperidine rings is 1. The van der Waals surface area contributed by atoms with Gasteiger partial charge in [-0.2, -0.15) is 19.6 Å². The molecular formula is C35H43KN9O-. The van der Waals surface area contributed by atoms with E-state index in [0.717, 1.165) is 53.8 Å². The topological polar surface area (TPSA) is 117 Å². The van der Waals surface area contributed by atoms with Gasteiger partial charge in [-0.15, -0.1) is 71.7 Å². The minimum absolute atomic E-state index is 0. The number of fused-ring (bicyclic) bond motifs is 1. The number of likely N-dealkylation sites (N-methyl/N-ethyl adjacent to an activating group) is 1. The van der Waals surface area contributed by atoms with E-state index in [2.05, 4.69) is 59.1 Å². The molecule has 0 radical (unpaired) electrons. The summed E-state index contributed by atoms with van der Waals surface area (Å²) in [6.45, 7) is 7.25. The van der Waals surface area contributed by atoms with E-state index >= 15 is 0 Å². The van der Waals surface area contributed by atoms with Crippen molar-refractivity contribution < 1.29 is 56.2 Å². The second kappa shape index (κ2) is 17.2. The van der Waals surface area contributed by atoms with Gasteiger partial charge in [-0.25, -0.2) is 0 Å². The normalized spacial score (nSPS) is 14.0. The molecule has 46 heavy (non-hydrogen) atoms. The van der Waals surface area contributed by atoms with Crippen LogP contribution in [0.4, 0.5) is 17.6 Å². The molecule has 1 amide bonds. The fraction of sp³-hybridized carbons (Fsp3) is 0.343. The number of nitrogens with zero attached hydrogens (tertiary/aromatic N) is 6. The van der Waals surface area contributed by atoms with Crippen LogP contribution in [0.1, 0.15) is 54.9 Å². The summed E-state index contributed by atoms with van der Waals surface area (Å²) in [4.78, 5) is 26.3. The number of hydrogen-bond acceptors (Lipinski definition) is 8. The van der Waals surface area contributed by atoms with Crippen LogP contribution < -0.4 is 72.7 Å².